The molecule has 3 N–H and O–H groups in total. The third kappa shape index (κ3) is 5.83. The van der Waals surface area contributed by atoms with Crippen LogP contribution >= 0.6 is 0 Å². The Morgan fingerprint density at radius 2 is 1.88 bits per heavy atom. The molecule has 0 bridgehead atoms. The number of nitrogens with zero attached hydrogens (tertiary/aromatic N) is 6. The molecule has 2 heterocycles. The quantitative estimate of drug-likeness (QED) is 0.202. The number of unbranched alkanes of at least 4 members (excludes halogenated alkanes) is 1. The summed E-state index contributed by atoms with van der Waals surface area (Å²) in [5.74, 6) is 0.719. The van der Waals surface area contributed by atoms with E-state index in [1.165, 1.54) is 6.07 Å². The fourth-order valence-electron chi connectivity index (χ4n) is 2.81. The van der Waals surface area contributed by atoms with Crippen molar-refractivity contribution in [1.29, 1.82) is 0 Å². The fourth-order valence-corrected chi connectivity index (χ4v) is 3.63. The Balaban J connectivity index is 2.08. The molecule has 0 fully saturated rings. The number of pyridine rings is 1. The van der Waals surface area contributed by atoms with Gasteiger partial charge in [0.15, 0.2) is 33.0 Å². The smallest absolute Gasteiger partial charge is 0.270 e. The van der Waals surface area contributed by atoms with Crippen LogP contribution in [0.2, 0.25) is 0 Å². The first kappa shape index (κ1) is 23.7. The second-order valence-electron chi connectivity index (χ2n) is 7.03. The Bertz CT molecular complexity index is 1300. The molecule has 0 radical (unpaired) electrons. The maximum atomic E-state index is 12.2. The van der Waals surface area contributed by atoms with Crippen molar-refractivity contribution in [1.82, 2.24) is 15.0 Å². The molecule has 12 nitrogen and oxygen atoms in total. The number of rotatable bonds is 9. The van der Waals surface area contributed by atoms with E-state index in [9.17, 15) is 18.5 Å². The first-order valence-electron chi connectivity index (χ1n) is 9.92. The molecule has 1 aromatic carbocycles. The minimum Gasteiger partial charge on any atom is -0.382 e. The SMILES string of the molecule is CCCCNc1nc(-c2ccncc2)nc(N)c1N=Nc1ccc([N+](=O)[O-])cc1S(C)(=O)=O. The highest BCUT2D eigenvalue weighted by Crippen LogP contribution is 2.35. The van der Waals surface area contributed by atoms with Crippen molar-refractivity contribution >= 4 is 38.5 Å². The van der Waals surface area contributed by atoms with Gasteiger partial charge in [-0.3, -0.25) is 15.1 Å². The Kier molecular flexibility index (Phi) is 7.23. The van der Waals surface area contributed by atoms with E-state index < -0.39 is 14.8 Å². The highest BCUT2D eigenvalue weighted by molar-refractivity contribution is 7.90. The van der Waals surface area contributed by atoms with E-state index in [-0.39, 0.29) is 27.8 Å². The number of aromatic nitrogens is 3. The number of nitrogens with two attached hydrogens (primary N) is 1. The number of anilines is 2. The second kappa shape index (κ2) is 10.1. The molecular weight excluding hydrogens is 448 g/mol. The lowest BCUT2D eigenvalue weighted by Gasteiger charge is -2.11. The molecule has 0 unspecified atom stereocenters. The summed E-state index contributed by atoms with van der Waals surface area (Å²) in [4.78, 5) is 22.8. The topological polar surface area (TPSA) is 179 Å². The molecule has 2 aromatic heterocycles. The lowest BCUT2D eigenvalue weighted by atomic mass is 10.2. The molecule has 0 aliphatic rings. The fraction of sp³-hybridized carbons (Fsp3) is 0.250. The summed E-state index contributed by atoms with van der Waals surface area (Å²) >= 11 is 0. The summed E-state index contributed by atoms with van der Waals surface area (Å²) in [5, 5.41) is 22.3. The van der Waals surface area contributed by atoms with Gasteiger partial charge in [0, 0.05) is 42.9 Å². The number of nitro benzene ring substituents is 1. The summed E-state index contributed by atoms with van der Waals surface area (Å²) in [6.45, 7) is 2.64. The number of benzene rings is 1. The zero-order chi connectivity index (χ0) is 24.0. The third-order valence-electron chi connectivity index (χ3n) is 4.48. The van der Waals surface area contributed by atoms with Crippen molar-refractivity contribution in [2.24, 2.45) is 10.2 Å². The van der Waals surface area contributed by atoms with Crippen molar-refractivity contribution in [3.05, 3.63) is 52.8 Å². The Morgan fingerprint density at radius 3 is 2.52 bits per heavy atom. The van der Waals surface area contributed by atoms with Crippen LogP contribution in [0.25, 0.3) is 11.4 Å². The number of azo groups is 1. The molecule has 33 heavy (non-hydrogen) atoms. The number of hydrogen-bond donors (Lipinski definition) is 2. The number of hydrogen-bond acceptors (Lipinski definition) is 11. The predicted octanol–water partition coefficient (Wildman–Crippen LogP) is 4.06. The molecule has 0 saturated heterocycles. The summed E-state index contributed by atoms with van der Waals surface area (Å²) in [7, 11) is -3.82. The number of sulfone groups is 1. The van der Waals surface area contributed by atoms with E-state index in [2.05, 4.69) is 30.5 Å². The molecule has 3 rings (SSSR count). The van der Waals surface area contributed by atoms with Crippen LogP contribution in [0.1, 0.15) is 19.8 Å². The lowest BCUT2D eigenvalue weighted by Crippen LogP contribution is -2.07. The van der Waals surface area contributed by atoms with E-state index in [4.69, 9.17) is 5.73 Å². The largest absolute Gasteiger partial charge is 0.382 e. The van der Waals surface area contributed by atoms with Gasteiger partial charge >= 0.3 is 0 Å². The van der Waals surface area contributed by atoms with Crippen LogP contribution in [0.5, 0.6) is 0 Å². The normalized spacial score (nSPS) is 11.6. The minimum atomic E-state index is -3.82. The standard InChI is InChI=1S/C20H22N8O4S/c1-3-4-9-23-20-17(18(21)24-19(25-20)13-7-10-22-11-8-13)27-26-15-6-5-14(28(29)30)12-16(15)33(2,31)32/h5-8,10-12H,3-4,9H2,1-2H3,(H3,21,23,24,25). The molecule has 0 aliphatic carbocycles. The average molecular weight is 471 g/mol. The second-order valence-corrected chi connectivity index (χ2v) is 9.01. The number of non-ortho nitro benzene ring substituents is 1. The Hall–Kier alpha value is -4.00. The molecule has 172 valence electrons. The van der Waals surface area contributed by atoms with Gasteiger partial charge in [-0.15, -0.1) is 10.2 Å². The number of nitro groups is 1. The molecule has 0 saturated carbocycles. The van der Waals surface area contributed by atoms with E-state index in [1.54, 1.807) is 24.5 Å². The summed E-state index contributed by atoms with van der Waals surface area (Å²) < 4.78 is 24.3. The van der Waals surface area contributed by atoms with Gasteiger partial charge in [-0.2, -0.15) is 0 Å². The number of nitrogens with one attached hydrogen (secondary N) is 1. The zero-order valence-electron chi connectivity index (χ0n) is 18.0. The maximum absolute atomic E-state index is 12.2. The summed E-state index contributed by atoms with van der Waals surface area (Å²) in [6, 6.07) is 6.78. The van der Waals surface area contributed by atoms with Crippen molar-refractivity contribution in [3.63, 3.8) is 0 Å². The lowest BCUT2D eigenvalue weighted by molar-refractivity contribution is -0.385. The van der Waals surface area contributed by atoms with Gasteiger partial charge in [0.25, 0.3) is 5.69 Å². The van der Waals surface area contributed by atoms with Gasteiger partial charge in [-0.05, 0) is 24.6 Å². The van der Waals surface area contributed by atoms with Gasteiger partial charge in [-0.25, -0.2) is 18.4 Å². The maximum Gasteiger partial charge on any atom is 0.270 e. The van der Waals surface area contributed by atoms with E-state index in [0.29, 0.717) is 23.8 Å². The Labute approximate surface area is 190 Å². The molecule has 0 atom stereocenters. The molecule has 3 aromatic rings. The van der Waals surface area contributed by atoms with Gasteiger partial charge in [0.1, 0.15) is 10.6 Å². The van der Waals surface area contributed by atoms with Crippen LogP contribution < -0.4 is 11.1 Å². The van der Waals surface area contributed by atoms with Crippen LogP contribution in [-0.4, -0.2) is 41.1 Å². The summed E-state index contributed by atoms with van der Waals surface area (Å²) in [6.07, 6.45) is 5.96. The minimum absolute atomic E-state index is 0.0300. The Morgan fingerprint density at radius 1 is 1.15 bits per heavy atom. The van der Waals surface area contributed by atoms with Crippen LogP contribution in [0.15, 0.2) is 57.8 Å². The molecule has 13 heteroatoms. The van der Waals surface area contributed by atoms with Gasteiger partial charge in [0.2, 0.25) is 0 Å². The van der Waals surface area contributed by atoms with E-state index in [0.717, 1.165) is 31.2 Å². The molecule has 0 amide bonds. The van der Waals surface area contributed by atoms with Crippen molar-refractivity contribution in [2.45, 2.75) is 24.7 Å². The van der Waals surface area contributed by atoms with Gasteiger partial charge in [0.05, 0.1) is 4.92 Å². The monoisotopic (exact) mass is 470 g/mol. The first-order valence-corrected chi connectivity index (χ1v) is 11.8. The van der Waals surface area contributed by atoms with Crippen LogP contribution in [0.4, 0.5) is 28.7 Å². The predicted molar refractivity (Wildman–Crippen MR) is 123 cm³/mol. The van der Waals surface area contributed by atoms with Crippen LogP contribution in [-0.2, 0) is 9.84 Å². The van der Waals surface area contributed by atoms with Gasteiger partial charge in [-0.1, -0.05) is 13.3 Å². The first-order chi connectivity index (χ1) is 15.7. The van der Waals surface area contributed by atoms with Crippen LogP contribution in [0.3, 0.4) is 0 Å². The zero-order valence-corrected chi connectivity index (χ0v) is 18.8. The van der Waals surface area contributed by atoms with E-state index >= 15 is 0 Å². The van der Waals surface area contributed by atoms with E-state index in [1.807, 2.05) is 6.92 Å². The molecule has 0 spiro atoms. The van der Waals surface area contributed by atoms with Crippen molar-refractivity contribution in [3.8, 4) is 11.4 Å². The molecule has 0 aliphatic heterocycles. The molecular formula is C20H22N8O4S. The highest BCUT2D eigenvalue weighted by atomic mass is 32.2. The number of nitrogen functional groups attached to an aromatic ring is 1. The van der Waals surface area contributed by atoms with Crippen LogP contribution in [0, 0.1) is 10.1 Å². The van der Waals surface area contributed by atoms with Crippen molar-refractivity contribution in [2.75, 3.05) is 23.9 Å². The van der Waals surface area contributed by atoms with Crippen molar-refractivity contribution < 1.29 is 13.3 Å². The summed E-state index contributed by atoms with van der Waals surface area (Å²) in [5.41, 5.74) is 6.53. The average Bonchev–Trinajstić information content (AvgIpc) is 2.78. The highest BCUT2D eigenvalue weighted by Gasteiger charge is 2.19. The third-order valence-corrected chi connectivity index (χ3v) is 5.61. The van der Waals surface area contributed by atoms with Gasteiger partial charge < -0.3 is 11.1 Å².